The number of morpholine rings is 1. The van der Waals surface area contributed by atoms with E-state index in [4.69, 9.17) is 9.47 Å². The molecule has 0 radical (unpaired) electrons. The van der Waals surface area contributed by atoms with Crippen LogP contribution < -0.4 is 21.5 Å². The average molecular weight is 721 g/mol. The van der Waals surface area contributed by atoms with Crippen molar-refractivity contribution in [1.29, 1.82) is 0 Å². The Morgan fingerprint density at radius 2 is 1.83 bits per heavy atom. The van der Waals surface area contributed by atoms with Crippen molar-refractivity contribution < 1.29 is 23.5 Å². The summed E-state index contributed by atoms with van der Waals surface area (Å²) in [7, 11) is 1.56. The Kier molecular flexibility index (Phi) is 9.82. The van der Waals surface area contributed by atoms with Crippen LogP contribution in [0.5, 0.6) is 0 Å². The maximum Gasteiger partial charge on any atom is 0.335 e. The molecule has 1 N–H and O–H groups in total. The Morgan fingerprint density at radius 1 is 1.02 bits per heavy atom. The van der Waals surface area contributed by atoms with Gasteiger partial charge in [-0.15, -0.1) is 0 Å². The van der Waals surface area contributed by atoms with E-state index in [2.05, 4.69) is 20.3 Å². The summed E-state index contributed by atoms with van der Waals surface area (Å²) in [5.74, 6) is -1.48. The van der Waals surface area contributed by atoms with Gasteiger partial charge in [0.15, 0.2) is 0 Å². The third kappa shape index (κ3) is 6.90. The zero-order valence-corrected chi connectivity index (χ0v) is 29.4. The summed E-state index contributed by atoms with van der Waals surface area (Å²) in [6, 6.07) is 10.1. The molecule has 4 aromatic heterocycles. The molecule has 53 heavy (non-hydrogen) atoms. The lowest BCUT2D eigenvalue weighted by Gasteiger charge is -2.29. The van der Waals surface area contributed by atoms with Crippen LogP contribution in [-0.2, 0) is 34.3 Å². The van der Waals surface area contributed by atoms with Gasteiger partial charge in [0.05, 0.1) is 53.6 Å². The van der Waals surface area contributed by atoms with E-state index in [1.54, 1.807) is 62.8 Å². The van der Waals surface area contributed by atoms with Gasteiger partial charge in [0, 0.05) is 62.4 Å². The number of amides is 1. The average Bonchev–Trinajstić information content (AvgIpc) is 3.58. The van der Waals surface area contributed by atoms with Crippen molar-refractivity contribution in [2.75, 3.05) is 37.8 Å². The number of halogens is 1. The molecule has 1 atom stereocenters. The zero-order valence-electron chi connectivity index (χ0n) is 29.4. The number of aryl methyl sites for hydroxylation is 3. The van der Waals surface area contributed by atoms with Gasteiger partial charge in [-0.25, -0.2) is 23.5 Å². The summed E-state index contributed by atoms with van der Waals surface area (Å²) >= 11 is 0. The quantitative estimate of drug-likeness (QED) is 0.209. The number of anilines is 1. The second kappa shape index (κ2) is 14.8. The minimum atomic E-state index is -1.25. The van der Waals surface area contributed by atoms with Crippen molar-refractivity contribution in [3.8, 4) is 5.69 Å². The summed E-state index contributed by atoms with van der Waals surface area (Å²) < 4.78 is 31.0. The predicted molar refractivity (Wildman–Crippen MR) is 195 cm³/mol. The summed E-state index contributed by atoms with van der Waals surface area (Å²) in [5, 5.41) is 3.57. The van der Waals surface area contributed by atoms with E-state index in [0.717, 1.165) is 10.4 Å². The standard InChI is InChI=1S/C38H37FN8O6/c1-23-19-26(46-13-16-52-17-14-46)21-29(39)33(23)35(48)43-30(37(50)53-18-15-45-12-11-41-24(45)2)20-25-6-7-31(34-27(25)5-4-9-42-34)47-36(49)28-8-10-40-22-32(28)44(3)38(47)51/h4-12,19,21-22,30H,13-18,20H2,1-3H3,(H,43,48)/t30-/m0/s1. The molecule has 1 saturated heterocycles. The summed E-state index contributed by atoms with van der Waals surface area (Å²) in [5.41, 5.74) is 1.26. The smallest absolute Gasteiger partial charge is 0.335 e. The van der Waals surface area contributed by atoms with Crippen LogP contribution in [0.15, 0.2) is 83.0 Å². The second-order valence-electron chi connectivity index (χ2n) is 12.8. The lowest BCUT2D eigenvalue weighted by molar-refractivity contribution is -0.146. The first-order valence-corrected chi connectivity index (χ1v) is 17.1. The maximum atomic E-state index is 15.7. The number of pyridine rings is 2. The largest absolute Gasteiger partial charge is 0.462 e. The highest BCUT2D eigenvalue weighted by Crippen LogP contribution is 2.26. The molecule has 7 rings (SSSR count). The van der Waals surface area contributed by atoms with Crippen molar-refractivity contribution in [3.63, 3.8) is 0 Å². The lowest BCUT2D eigenvalue weighted by atomic mass is 9.99. The monoisotopic (exact) mass is 720 g/mol. The highest BCUT2D eigenvalue weighted by atomic mass is 19.1. The summed E-state index contributed by atoms with van der Waals surface area (Å²) in [4.78, 5) is 69.5. The molecule has 1 aliphatic rings. The fourth-order valence-corrected chi connectivity index (χ4v) is 6.73. The van der Waals surface area contributed by atoms with E-state index >= 15 is 4.39 Å². The summed E-state index contributed by atoms with van der Waals surface area (Å²) in [6.45, 7) is 6.04. The number of hydrogen-bond donors (Lipinski definition) is 1. The molecule has 14 nitrogen and oxygen atoms in total. The normalized spacial score (nSPS) is 13.7. The molecule has 0 unspecified atom stereocenters. The SMILES string of the molecule is Cc1cc(N2CCOCC2)cc(F)c1C(=O)N[C@@H](Cc1ccc(-n2c(=O)c3ccncc3n(C)c2=O)c2ncccc12)C(=O)OCCn1ccnc1C. The Labute approximate surface area is 302 Å². The number of aromatic nitrogens is 6. The van der Waals surface area contributed by atoms with Crippen molar-refractivity contribution in [2.45, 2.75) is 32.9 Å². The van der Waals surface area contributed by atoms with Crippen LogP contribution in [0.3, 0.4) is 0 Å². The number of esters is 1. The number of rotatable bonds is 10. The van der Waals surface area contributed by atoms with Crippen molar-refractivity contribution in [2.24, 2.45) is 7.05 Å². The number of carbonyl (C=O) groups excluding carboxylic acids is 2. The van der Waals surface area contributed by atoms with Gasteiger partial charge in [-0.3, -0.25) is 24.1 Å². The number of fused-ring (bicyclic) bond motifs is 2. The maximum absolute atomic E-state index is 15.7. The molecule has 5 heterocycles. The molecule has 6 aromatic rings. The van der Waals surface area contributed by atoms with Crippen LogP contribution in [0.1, 0.15) is 27.3 Å². The Hall–Kier alpha value is -6.22. The van der Waals surface area contributed by atoms with E-state index in [0.29, 0.717) is 71.5 Å². The lowest BCUT2D eigenvalue weighted by Crippen LogP contribution is -2.44. The number of nitrogens with zero attached hydrogens (tertiary/aromatic N) is 7. The van der Waals surface area contributed by atoms with Crippen LogP contribution in [0.2, 0.25) is 0 Å². The zero-order chi connectivity index (χ0) is 37.2. The fourth-order valence-electron chi connectivity index (χ4n) is 6.73. The van der Waals surface area contributed by atoms with Crippen molar-refractivity contribution in [1.82, 2.24) is 34.0 Å². The van der Waals surface area contributed by atoms with E-state index in [1.807, 2.05) is 16.4 Å². The van der Waals surface area contributed by atoms with Gasteiger partial charge in [-0.1, -0.05) is 12.1 Å². The minimum Gasteiger partial charge on any atom is -0.462 e. The van der Waals surface area contributed by atoms with Gasteiger partial charge in [-0.2, -0.15) is 0 Å². The van der Waals surface area contributed by atoms with Crippen molar-refractivity contribution >= 4 is 39.4 Å². The van der Waals surface area contributed by atoms with Gasteiger partial charge in [0.25, 0.3) is 11.5 Å². The first-order chi connectivity index (χ1) is 25.6. The van der Waals surface area contributed by atoms with Gasteiger partial charge < -0.3 is 24.3 Å². The Morgan fingerprint density at radius 3 is 2.58 bits per heavy atom. The highest BCUT2D eigenvalue weighted by molar-refractivity contribution is 5.99. The first-order valence-electron chi connectivity index (χ1n) is 17.1. The van der Waals surface area contributed by atoms with E-state index in [9.17, 15) is 19.2 Å². The van der Waals surface area contributed by atoms with Crippen LogP contribution in [0.25, 0.3) is 27.5 Å². The number of imidazole rings is 1. The van der Waals surface area contributed by atoms with Gasteiger partial charge in [-0.05, 0) is 55.3 Å². The number of carbonyl (C=O) groups is 2. The summed E-state index contributed by atoms with van der Waals surface area (Å²) in [6.07, 6.45) is 7.81. The molecule has 0 aliphatic carbocycles. The molecule has 2 aromatic carbocycles. The Balaban J connectivity index is 1.23. The van der Waals surface area contributed by atoms with Crippen LogP contribution in [0, 0.1) is 19.7 Å². The molecule has 0 spiro atoms. The molecule has 1 fully saturated rings. The molecule has 1 aliphatic heterocycles. The van der Waals surface area contributed by atoms with Gasteiger partial charge in [0.2, 0.25) is 0 Å². The van der Waals surface area contributed by atoms with Crippen LogP contribution in [-0.4, -0.2) is 79.5 Å². The third-order valence-corrected chi connectivity index (χ3v) is 9.54. The number of hydrogen-bond acceptors (Lipinski definition) is 10. The fraction of sp³-hybridized carbons (Fsp3) is 0.289. The van der Waals surface area contributed by atoms with E-state index in [-0.39, 0.29) is 24.3 Å². The van der Waals surface area contributed by atoms with E-state index in [1.165, 1.54) is 29.2 Å². The number of benzene rings is 2. The van der Waals surface area contributed by atoms with Gasteiger partial charge >= 0.3 is 11.7 Å². The highest BCUT2D eigenvalue weighted by Gasteiger charge is 2.28. The second-order valence-corrected chi connectivity index (χ2v) is 12.8. The molecule has 272 valence electrons. The topological polar surface area (TPSA) is 155 Å². The molecular formula is C38H37FN8O6. The molecule has 1 amide bonds. The molecule has 0 saturated carbocycles. The van der Waals surface area contributed by atoms with E-state index < -0.39 is 35.0 Å². The van der Waals surface area contributed by atoms with Crippen LogP contribution >= 0.6 is 0 Å². The van der Waals surface area contributed by atoms with Crippen LogP contribution in [0.4, 0.5) is 10.1 Å². The van der Waals surface area contributed by atoms with Gasteiger partial charge in [0.1, 0.15) is 24.3 Å². The number of ether oxygens (including phenoxy) is 2. The molecule has 0 bridgehead atoms. The minimum absolute atomic E-state index is 0.00499. The predicted octanol–water partition coefficient (Wildman–Crippen LogP) is 3.01. The first kappa shape index (κ1) is 35.2. The Bertz CT molecular complexity index is 2460. The molecule has 15 heteroatoms. The molecular weight excluding hydrogens is 683 g/mol. The third-order valence-electron chi connectivity index (χ3n) is 9.54. The van der Waals surface area contributed by atoms with Crippen molar-refractivity contribution in [3.05, 3.63) is 123 Å². The number of nitrogens with one attached hydrogen (secondary N) is 1.